The minimum Gasteiger partial charge on any atom is -0.282 e. The molecule has 5 nitrogen and oxygen atoms in total. The molecule has 3 aromatic rings. The van der Waals surface area contributed by atoms with Crippen molar-refractivity contribution in [3.63, 3.8) is 0 Å². The minimum absolute atomic E-state index is 0.0188. The van der Waals surface area contributed by atoms with E-state index in [1.54, 1.807) is 12.1 Å². The van der Waals surface area contributed by atoms with Gasteiger partial charge in [0, 0.05) is 17.5 Å². The molecule has 0 radical (unpaired) electrons. The summed E-state index contributed by atoms with van der Waals surface area (Å²) >= 11 is 0. The molecule has 0 saturated carbocycles. The molecule has 1 atom stereocenters. The highest BCUT2D eigenvalue weighted by Crippen LogP contribution is 2.39. The first kappa shape index (κ1) is 20.4. The number of fused-ring (bicyclic) bond motifs is 1. The van der Waals surface area contributed by atoms with E-state index in [0.29, 0.717) is 35.9 Å². The molecule has 0 bridgehead atoms. The second-order valence-corrected chi connectivity index (χ2v) is 8.45. The average molecular weight is 434 g/mol. The lowest BCUT2D eigenvalue weighted by Gasteiger charge is -2.15. The van der Waals surface area contributed by atoms with Gasteiger partial charge in [-0.2, -0.15) is 13.5 Å². The van der Waals surface area contributed by atoms with E-state index in [4.69, 9.17) is 4.55 Å². The van der Waals surface area contributed by atoms with Gasteiger partial charge in [0.2, 0.25) is 0 Å². The summed E-state index contributed by atoms with van der Waals surface area (Å²) in [5.74, 6) is -2.04. The Kier molecular flexibility index (Phi) is 5.25. The van der Waals surface area contributed by atoms with Crippen LogP contribution in [0.15, 0.2) is 47.9 Å². The fraction of sp³-hybridized carbons (Fsp3) is 0.190. The number of halogens is 3. The van der Waals surface area contributed by atoms with Crippen LogP contribution in [-0.4, -0.2) is 22.8 Å². The van der Waals surface area contributed by atoms with Crippen LogP contribution in [0, 0.1) is 17.5 Å². The third-order valence-electron chi connectivity index (χ3n) is 5.09. The number of aromatic nitrogens is 2. The molecule has 0 aliphatic heterocycles. The van der Waals surface area contributed by atoms with Crippen LogP contribution in [0.5, 0.6) is 0 Å². The molecule has 1 unspecified atom stereocenters. The van der Waals surface area contributed by atoms with Crippen molar-refractivity contribution >= 4 is 16.2 Å². The van der Waals surface area contributed by atoms with Gasteiger partial charge in [0.15, 0.2) is 5.82 Å². The van der Waals surface area contributed by atoms with Gasteiger partial charge < -0.3 is 0 Å². The van der Waals surface area contributed by atoms with Crippen LogP contribution in [0.1, 0.15) is 34.9 Å². The molecular formula is C21H17F3N2O3S. The molecule has 4 rings (SSSR count). The first-order chi connectivity index (χ1) is 14.2. The van der Waals surface area contributed by atoms with E-state index in [1.807, 2.05) is 0 Å². The molecule has 0 saturated heterocycles. The van der Waals surface area contributed by atoms with Gasteiger partial charge in [-0.1, -0.05) is 12.1 Å². The molecule has 2 aromatic carbocycles. The maximum absolute atomic E-state index is 14.5. The second-order valence-electron chi connectivity index (χ2n) is 7.14. The molecule has 156 valence electrons. The Morgan fingerprint density at radius 2 is 1.90 bits per heavy atom. The monoisotopic (exact) mass is 434 g/mol. The van der Waals surface area contributed by atoms with E-state index in [-0.39, 0.29) is 23.1 Å². The maximum atomic E-state index is 14.5. The molecule has 1 aromatic heterocycles. The summed E-state index contributed by atoms with van der Waals surface area (Å²) in [5.41, 5.74) is 2.41. The second kappa shape index (κ2) is 7.73. The minimum atomic E-state index is -4.37. The third kappa shape index (κ3) is 4.17. The zero-order valence-corrected chi connectivity index (χ0v) is 16.4. The van der Waals surface area contributed by atoms with Crippen LogP contribution < -0.4 is 0 Å². The predicted octanol–water partition coefficient (Wildman–Crippen LogP) is 4.42. The molecule has 0 fully saturated rings. The average Bonchev–Trinajstić information content (AvgIpc) is 3.21. The van der Waals surface area contributed by atoms with Crippen LogP contribution in [-0.2, 0) is 23.0 Å². The van der Waals surface area contributed by atoms with E-state index < -0.39 is 21.8 Å². The zero-order chi connectivity index (χ0) is 21.5. The quantitative estimate of drug-likeness (QED) is 0.604. The first-order valence-corrected chi connectivity index (χ1v) is 10.7. The van der Waals surface area contributed by atoms with Gasteiger partial charge in [-0.05, 0) is 55.2 Å². The van der Waals surface area contributed by atoms with Crippen molar-refractivity contribution in [2.45, 2.75) is 25.2 Å². The lowest BCUT2D eigenvalue weighted by Crippen LogP contribution is -2.10. The van der Waals surface area contributed by atoms with Crippen LogP contribution in [0.4, 0.5) is 13.2 Å². The number of hydrogen-bond acceptors (Lipinski definition) is 3. The maximum Gasteiger partial charge on any atom is 0.287 e. The summed E-state index contributed by atoms with van der Waals surface area (Å²) < 4.78 is 74.0. The lowest BCUT2D eigenvalue weighted by atomic mass is 9.97. The van der Waals surface area contributed by atoms with E-state index in [1.165, 1.54) is 22.9 Å². The molecule has 0 amide bonds. The van der Waals surface area contributed by atoms with Crippen molar-refractivity contribution in [1.82, 2.24) is 9.78 Å². The molecule has 1 aliphatic carbocycles. The smallest absolute Gasteiger partial charge is 0.282 e. The van der Waals surface area contributed by atoms with E-state index in [2.05, 4.69) is 5.10 Å². The van der Waals surface area contributed by atoms with Gasteiger partial charge in [-0.25, -0.2) is 17.9 Å². The van der Waals surface area contributed by atoms with E-state index in [0.717, 1.165) is 23.8 Å². The van der Waals surface area contributed by atoms with E-state index >= 15 is 0 Å². The number of rotatable bonds is 5. The Balaban J connectivity index is 1.82. The molecule has 30 heavy (non-hydrogen) atoms. The van der Waals surface area contributed by atoms with Gasteiger partial charge in [-0.3, -0.25) is 4.55 Å². The van der Waals surface area contributed by atoms with Crippen molar-refractivity contribution in [3.8, 4) is 5.69 Å². The highest BCUT2D eigenvalue weighted by Gasteiger charge is 2.31. The van der Waals surface area contributed by atoms with Gasteiger partial charge in [0.05, 0.1) is 16.8 Å². The highest BCUT2D eigenvalue weighted by atomic mass is 32.2. The molecule has 1 aliphatic rings. The number of benzene rings is 2. The van der Waals surface area contributed by atoms with Crippen LogP contribution >= 0.6 is 0 Å². The number of hydrogen-bond donors (Lipinski definition) is 1. The van der Waals surface area contributed by atoms with Gasteiger partial charge in [-0.15, -0.1) is 0 Å². The molecule has 1 heterocycles. The molecule has 1 N–H and O–H groups in total. The Morgan fingerprint density at radius 3 is 2.60 bits per heavy atom. The van der Waals surface area contributed by atoms with Gasteiger partial charge in [0.1, 0.15) is 17.3 Å². The van der Waals surface area contributed by atoms with Crippen molar-refractivity contribution < 1.29 is 26.1 Å². The van der Waals surface area contributed by atoms with Crippen molar-refractivity contribution in [3.05, 3.63) is 87.8 Å². The van der Waals surface area contributed by atoms with Crippen LogP contribution in [0.2, 0.25) is 0 Å². The summed E-state index contributed by atoms with van der Waals surface area (Å²) in [6.45, 7) is 0. The highest BCUT2D eigenvalue weighted by molar-refractivity contribution is 7.88. The standard InChI is InChI=1S/C21H17F3N2O3S/c22-15-3-1-2-13(11-15)10-14-4-6-17-19(8-9-30(27,28)29)25-26(21(14)17)20-7-5-16(23)12-18(20)24/h1-3,5,7-9,11-12,14H,4,6,10H2,(H,27,28,29). The SMILES string of the molecule is O=S(=O)(O)C=Cc1nn(-c2ccc(F)cc2F)c2c1CCC2Cc1cccc(F)c1. The fourth-order valence-corrected chi connectivity index (χ4v) is 4.18. The summed E-state index contributed by atoms with van der Waals surface area (Å²) in [5, 5.41) is 4.93. The third-order valence-corrected chi connectivity index (χ3v) is 5.57. The van der Waals surface area contributed by atoms with Crippen LogP contribution in [0.3, 0.4) is 0 Å². The first-order valence-electron chi connectivity index (χ1n) is 9.18. The van der Waals surface area contributed by atoms with Crippen molar-refractivity contribution in [2.75, 3.05) is 0 Å². The topological polar surface area (TPSA) is 72.2 Å². The Labute approximate surface area is 171 Å². The summed E-state index contributed by atoms with van der Waals surface area (Å²) in [7, 11) is -4.37. The molecular weight excluding hydrogens is 417 g/mol. The lowest BCUT2D eigenvalue weighted by molar-refractivity contribution is 0.494. The largest absolute Gasteiger partial charge is 0.287 e. The normalized spacial score (nSPS) is 16.3. The summed E-state index contributed by atoms with van der Waals surface area (Å²) in [4.78, 5) is 0. The Morgan fingerprint density at radius 1 is 1.13 bits per heavy atom. The van der Waals surface area contributed by atoms with Crippen LogP contribution in [0.25, 0.3) is 11.8 Å². The van der Waals surface area contributed by atoms with Crippen molar-refractivity contribution in [2.24, 2.45) is 0 Å². The van der Waals surface area contributed by atoms with Gasteiger partial charge >= 0.3 is 0 Å². The predicted molar refractivity (Wildman–Crippen MR) is 105 cm³/mol. The van der Waals surface area contributed by atoms with E-state index in [9.17, 15) is 21.6 Å². The Hall–Kier alpha value is -2.91. The van der Waals surface area contributed by atoms with Crippen molar-refractivity contribution in [1.29, 1.82) is 0 Å². The number of nitrogens with zero attached hydrogens (tertiary/aromatic N) is 2. The zero-order valence-electron chi connectivity index (χ0n) is 15.6. The Bertz CT molecular complexity index is 1250. The molecule has 0 spiro atoms. The summed E-state index contributed by atoms with van der Waals surface area (Å²) in [6, 6.07) is 9.28. The molecule has 9 heteroatoms. The summed E-state index contributed by atoms with van der Waals surface area (Å²) in [6.07, 6.45) is 2.83. The van der Waals surface area contributed by atoms with Gasteiger partial charge in [0.25, 0.3) is 10.1 Å². The fourth-order valence-electron chi connectivity index (χ4n) is 3.88.